The third kappa shape index (κ3) is 2.64. The number of hydrogen-bond acceptors (Lipinski definition) is 2. The van der Waals surface area contributed by atoms with E-state index < -0.39 is 0 Å². The minimum Gasteiger partial charge on any atom is -0.303 e. The Balaban J connectivity index is 2.09. The van der Waals surface area contributed by atoms with Gasteiger partial charge >= 0.3 is 0 Å². The van der Waals surface area contributed by atoms with Gasteiger partial charge in [0.15, 0.2) is 0 Å². The molecule has 0 aromatic heterocycles. The highest BCUT2D eigenvalue weighted by molar-refractivity contribution is 7.99. The molecule has 1 rings (SSSR count). The quantitative estimate of drug-likeness (QED) is 0.599. The molecule has 0 spiro atoms. The van der Waals surface area contributed by atoms with E-state index in [2.05, 4.69) is 11.2 Å². The summed E-state index contributed by atoms with van der Waals surface area (Å²) >= 11 is 2.04. The van der Waals surface area contributed by atoms with Crippen LogP contribution in [0.4, 0.5) is 0 Å². The van der Waals surface area contributed by atoms with Crippen LogP contribution in [0.2, 0.25) is 0 Å². The minimum atomic E-state index is 0.692. The summed E-state index contributed by atoms with van der Waals surface area (Å²) in [7, 11) is 0. The summed E-state index contributed by atoms with van der Waals surface area (Å²) in [6, 6.07) is 0.692. The smallest absolute Gasteiger partial charge is 0.0575 e. The fourth-order valence-corrected chi connectivity index (χ4v) is 2.21. The first-order valence-corrected chi connectivity index (χ1v) is 4.83. The van der Waals surface area contributed by atoms with Crippen molar-refractivity contribution in [1.29, 1.82) is 0 Å². The van der Waals surface area contributed by atoms with Gasteiger partial charge in [0.05, 0.1) is 6.54 Å². The van der Waals surface area contributed by atoms with E-state index in [0.29, 0.717) is 6.04 Å². The van der Waals surface area contributed by atoms with Gasteiger partial charge in [0.2, 0.25) is 0 Å². The van der Waals surface area contributed by atoms with E-state index in [0.717, 1.165) is 6.54 Å². The Morgan fingerprint density at radius 1 is 1.50 bits per heavy atom. The van der Waals surface area contributed by atoms with Crippen molar-refractivity contribution in [3.8, 4) is 12.3 Å². The number of rotatable bonds is 2. The first-order valence-electron chi connectivity index (χ1n) is 3.68. The maximum absolute atomic E-state index is 5.13. The van der Waals surface area contributed by atoms with Gasteiger partial charge in [-0.1, -0.05) is 5.92 Å². The van der Waals surface area contributed by atoms with Crippen molar-refractivity contribution in [2.24, 2.45) is 0 Å². The number of terminal acetylenes is 1. The SMILES string of the molecule is C#CCNC1CCSCC1. The van der Waals surface area contributed by atoms with Crippen LogP contribution in [0.15, 0.2) is 0 Å². The molecule has 0 saturated carbocycles. The molecule has 0 aromatic carbocycles. The summed E-state index contributed by atoms with van der Waals surface area (Å²) in [4.78, 5) is 0. The molecule has 1 saturated heterocycles. The highest BCUT2D eigenvalue weighted by atomic mass is 32.2. The van der Waals surface area contributed by atoms with Crippen LogP contribution in [0.5, 0.6) is 0 Å². The monoisotopic (exact) mass is 155 g/mol. The Morgan fingerprint density at radius 2 is 2.20 bits per heavy atom. The van der Waals surface area contributed by atoms with Crippen molar-refractivity contribution < 1.29 is 0 Å². The zero-order valence-corrected chi connectivity index (χ0v) is 6.91. The first-order chi connectivity index (χ1) is 4.93. The molecule has 10 heavy (non-hydrogen) atoms. The first kappa shape index (κ1) is 7.97. The van der Waals surface area contributed by atoms with Crippen molar-refractivity contribution in [2.45, 2.75) is 18.9 Å². The normalized spacial score (nSPS) is 20.3. The Bertz CT molecular complexity index is 122. The van der Waals surface area contributed by atoms with E-state index in [-0.39, 0.29) is 0 Å². The van der Waals surface area contributed by atoms with Gasteiger partial charge < -0.3 is 5.32 Å². The molecule has 0 unspecified atom stereocenters. The molecule has 0 atom stereocenters. The average molecular weight is 155 g/mol. The molecule has 0 aromatic rings. The summed E-state index contributed by atoms with van der Waals surface area (Å²) < 4.78 is 0. The lowest BCUT2D eigenvalue weighted by atomic mass is 10.1. The molecule has 56 valence electrons. The average Bonchev–Trinajstić information content (AvgIpc) is 2.03. The van der Waals surface area contributed by atoms with Crippen molar-refractivity contribution in [3.05, 3.63) is 0 Å². The highest BCUT2D eigenvalue weighted by Crippen LogP contribution is 2.16. The van der Waals surface area contributed by atoms with Crippen molar-refractivity contribution in [3.63, 3.8) is 0 Å². The van der Waals surface area contributed by atoms with Gasteiger partial charge in [0.1, 0.15) is 0 Å². The highest BCUT2D eigenvalue weighted by Gasteiger charge is 2.11. The van der Waals surface area contributed by atoms with E-state index in [1.807, 2.05) is 11.8 Å². The summed E-state index contributed by atoms with van der Waals surface area (Å²) in [6.45, 7) is 0.731. The van der Waals surface area contributed by atoms with Gasteiger partial charge in [-0.3, -0.25) is 0 Å². The minimum absolute atomic E-state index is 0.692. The Hall–Kier alpha value is -0.130. The Kier molecular flexibility index (Phi) is 3.71. The fraction of sp³-hybridized carbons (Fsp3) is 0.750. The van der Waals surface area contributed by atoms with Crippen LogP contribution in [0, 0.1) is 12.3 Å². The molecule has 0 amide bonds. The van der Waals surface area contributed by atoms with Gasteiger partial charge in [-0.25, -0.2) is 0 Å². The predicted molar refractivity (Wildman–Crippen MR) is 47.2 cm³/mol. The topological polar surface area (TPSA) is 12.0 Å². The lowest BCUT2D eigenvalue weighted by Crippen LogP contribution is -2.32. The molecular weight excluding hydrogens is 142 g/mol. The number of thioether (sulfide) groups is 1. The molecule has 1 aliphatic heterocycles. The lowest BCUT2D eigenvalue weighted by molar-refractivity contribution is 0.511. The standard InChI is InChI=1S/C8H13NS/c1-2-5-9-8-3-6-10-7-4-8/h1,8-9H,3-7H2. The summed E-state index contributed by atoms with van der Waals surface area (Å²) in [5.74, 6) is 5.18. The third-order valence-electron chi connectivity index (χ3n) is 1.71. The molecule has 1 N–H and O–H groups in total. The molecule has 1 fully saturated rings. The lowest BCUT2D eigenvalue weighted by Gasteiger charge is -2.21. The largest absolute Gasteiger partial charge is 0.303 e. The van der Waals surface area contributed by atoms with Crippen molar-refractivity contribution in [1.82, 2.24) is 5.32 Å². The van der Waals surface area contributed by atoms with Crippen LogP contribution in [0.25, 0.3) is 0 Å². The van der Waals surface area contributed by atoms with Crippen LogP contribution in [0.3, 0.4) is 0 Å². The van der Waals surface area contributed by atoms with Gasteiger partial charge in [-0.15, -0.1) is 6.42 Å². The molecule has 1 nitrogen and oxygen atoms in total. The third-order valence-corrected chi connectivity index (χ3v) is 2.76. The second kappa shape index (κ2) is 4.65. The molecule has 1 heterocycles. The predicted octanol–water partition coefficient (Wildman–Crippen LogP) is 1.10. The molecule has 2 heteroatoms. The summed E-state index contributed by atoms with van der Waals surface area (Å²) in [5, 5.41) is 3.32. The van der Waals surface area contributed by atoms with E-state index in [1.54, 1.807) is 0 Å². The van der Waals surface area contributed by atoms with Gasteiger partial charge in [-0.05, 0) is 24.3 Å². The second-order valence-corrected chi connectivity index (χ2v) is 3.70. The Morgan fingerprint density at radius 3 is 2.80 bits per heavy atom. The van der Waals surface area contributed by atoms with E-state index in [1.165, 1.54) is 24.3 Å². The van der Waals surface area contributed by atoms with Gasteiger partial charge in [0, 0.05) is 6.04 Å². The van der Waals surface area contributed by atoms with Crippen LogP contribution >= 0.6 is 11.8 Å². The van der Waals surface area contributed by atoms with Gasteiger partial charge in [0.25, 0.3) is 0 Å². The molecule has 0 aliphatic carbocycles. The van der Waals surface area contributed by atoms with E-state index >= 15 is 0 Å². The fourth-order valence-electron chi connectivity index (χ4n) is 1.10. The zero-order chi connectivity index (χ0) is 7.23. The molecule has 0 radical (unpaired) electrons. The second-order valence-electron chi connectivity index (χ2n) is 2.47. The summed E-state index contributed by atoms with van der Waals surface area (Å²) in [5.41, 5.74) is 0. The van der Waals surface area contributed by atoms with Gasteiger partial charge in [-0.2, -0.15) is 11.8 Å². The van der Waals surface area contributed by atoms with E-state index in [4.69, 9.17) is 6.42 Å². The molecule has 1 aliphatic rings. The zero-order valence-electron chi connectivity index (χ0n) is 6.10. The maximum atomic E-state index is 5.13. The van der Waals surface area contributed by atoms with Crippen LogP contribution in [0.1, 0.15) is 12.8 Å². The van der Waals surface area contributed by atoms with Crippen LogP contribution in [-0.4, -0.2) is 24.1 Å². The van der Waals surface area contributed by atoms with E-state index in [9.17, 15) is 0 Å². The van der Waals surface area contributed by atoms with Crippen molar-refractivity contribution in [2.75, 3.05) is 18.1 Å². The van der Waals surface area contributed by atoms with Crippen molar-refractivity contribution >= 4 is 11.8 Å². The Labute approximate surface area is 67.0 Å². The van der Waals surface area contributed by atoms with Crippen LogP contribution in [-0.2, 0) is 0 Å². The van der Waals surface area contributed by atoms with Crippen LogP contribution < -0.4 is 5.32 Å². The summed E-state index contributed by atoms with van der Waals surface area (Å²) in [6.07, 6.45) is 7.70. The number of nitrogens with one attached hydrogen (secondary N) is 1. The molecule has 0 bridgehead atoms. The maximum Gasteiger partial charge on any atom is 0.0575 e. The molecular formula is C8H13NS. The number of hydrogen-bond donors (Lipinski definition) is 1.